The number of carbonyl (C=O) groups is 1. The summed E-state index contributed by atoms with van der Waals surface area (Å²) in [5.74, 6) is 0. The van der Waals surface area contributed by atoms with Crippen LogP contribution in [0.4, 0.5) is 4.79 Å². The van der Waals surface area contributed by atoms with Crippen LogP contribution in [0.5, 0.6) is 0 Å². The van der Waals surface area contributed by atoms with Crippen LogP contribution in [-0.2, 0) is 14.9 Å². The molecule has 0 aliphatic heterocycles. The zero-order valence-electron chi connectivity index (χ0n) is 9.66. The number of aliphatic hydroxyl groups excluding tert-OH is 1. The zero-order chi connectivity index (χ0) is 13.6. The molecule has 0 aliphatic rings. The van der Waals surface area contributed by atoms with Gasteiger partial charge in [0.1, 0.15) is 0 Å². The minimum absolute atomic E-state index is 0.438. The number of carbonyl (C=O) groups excluding carboxylic acids is 1. The molecule has 0 fully saturated rings. The van der Waals surface area contributed by atoms with Crippen LogP contribution in [0.1, 0.15) is 11.6 Å². The van der Waals surface area contributed by atoms with Gasteiger partial charge in [-0.1, -0.05) is 30.3 Å². The summed E-state index contributed by atoms with van der Waals surface area (Å²) in [6.45, 7) is -0.438. The van der Waals surface area contributed by atoms with Crippen LogP contribution in [0.3, 0.4) is 0 Å². The molecule has 1 amide bonds. The van der Waals surface area contributed by atoms with Gasteiger partial charge in [-0.25, -0.2) is 9.52 Å². The second-order valence-electron chi connectivity index (χ2n) is 3.36. The van der Waals surface area contributed by atoms with E-state index in [0.29, 0.717) is 5.56 Å². The summed E-state index contributed by atoms with van der Waals surface area (Å²) in [6.07, 6.45) is -1.10. The standard InChI is InChI=1S/C10H14N2O5S/c1-17-10(14)12-18(15,16)11-9(7-13)8-5-3-2-4-6-8/h2-6,9,11,13H,7H2,1H3,(H,12,14). The first kappa shape index (κ1) is 14.4. The molecule has 1 rings (SSSR count). The van der Waals surface area contributed by atoms with Crippen molar-refractivity contribution in [2.24, 2.45) is 0 Å². The molecule has 1 unspecified atom stereocenters. The highest BCUT2D eigenvalue weighted by molar-refractivity contribution is 7.88. The van der Waals surface area contributed by atoms with Gasteiger partial charge in [0.2, 0.25) is 0 Å². The van der Waals surface area contributed by atoms with Crippen molar-refractivity contribution in [2.75, 3.05) is 13.7 Å². The van der Waals surface area contributed by atoms with Crippen molar-refractivity contribution in [3.8, 4) is 0 Å². The molecule has 0 aliphatic carbocycles. The number of rotatable bonds is 5. The molecule has 1 aromatic rings. The molecule has 0 aromatic heterocycles. The number of amides is 1. The van der Waals surface area contributed by atoms with Gasteiger partial charge in [-0.2, -0.15) is 13.1 Å². The molecular formula is C10H14N2O5S. The summed E-state index contributed by atoms with van der Waals surface area (Å²) >= 11 is 0. The Hall–Kier alpha value is -1.64. The molecule has 0 spiro atoms. The Bertz CT molecular complexity index is 488. The second kappa shape index (κ2) is 6.34. The molecule has 0 radical (unpaired) electrons. The highest BCUT2D eigenvalue weighted by Crippen LogP contribution is 2.12. The maximum atomic E-state index is 11.5. The minimum atomic E-state index is -4.09. The van der Waals surface area contributed by atoms with E-state index in [1.807, 2.05) is 0 Å². The van der Waals surface area contributed by atoms with Crippen LogP contribution >= 0.6 is 0 Å². The van der Waals surface area contributed by atoms with E-state index >= 15 is 0 Å². The van der Waals surface area contributed by atoms with Crippen molar-refractivity contribution in [1.82, 2.24) is 9.44 Å². The van der Waals surface area contributed by atoms with Gasteiger partial charge in [-0.3, -0.25) is 0 Å². The molecule has 8 heteroatoms. The molecule has 0 bridgehead atoms. The molecule has 0 saturated heterocycles. The van der Waals surface area contributed by atoms with Crippen LogP contribution in [-0.4, -0.2) is 33.3 Å². The van der Waals surface area contributed by atoms with Gasteiger partial charge in [-0.15, -0.1) is 0 Å². The van der Waals surface area contributed by atoms with E-state index in [0.717, 1.165) is 7.11 Å². The average molecular weight is 274 g/mol. The lowest BCUT2D eigenvalue weighted by Gasteiger charge is -2.16. The Morgan fingerprint density at radius 2 is 2.00 bits per heavy atom. The lowest BCUT2D eigenvalue weighted by Crippen LogP contribution is -2.42. The van der Waals surface area contributed by atoms with Gasteiger partial charge in [0.15, 0.2) is 0 Å². The van der Waals surface area contributed by atoms with Crippen molar-refractivity contribution in [2.45, 2.75) is 6.04 Å². The monoisotopic (exact) mass is 274 g/mol. The Labute approximate surface area is 105 Å². The molecule has 0 saturated carbocycles. The van der Waals surface area contributed by atoms with E-state index in [-0.39, 0.29) is 0 Å². The third-order valence-corrected chi connectivity index (χ3v) is 3.12. The fourth-order valence-electron chi connectivity index (χ4n) is 1.26. The van der Waals surface area contributed by atoms with Crippen LogP contribution < -0.4 is 9.44 Å². The highest BCUT2D eigenvalue weighted by Gasteiger charge is 2.20. The summed E-state index contributed by atoms with van der Waals surface area (Å²) in [5, 5.41) is 9.16. The van der Waals surface area contributed by atoms with E-state index in [1.165, 1.54) is 0 Å². The summed E-state index contributed by atoms with van der Waals surface area (Å²) < 4.78 is 31.0. The summed E-state index contributed by atoms with van der Waals surface area (Å²) in [4.78, 5) is 10.8. The summed E-state index contributed by atoms with van der Waals surface area (Å²) in [6, 6.07) is 7.65. The lowest BCUT2D eigenvalue weighted by atomic mass is 10.1. The Morgan fingerprint density at radius 3 is 2.50 bits per heavy atom. The first-order chi connectivity index (χ1) is 8.48. The van der Waals surface area contributed by atoms with Crippen molar-refractivity contribution in [3.63, 3.8) is 0 Å². The lowest BCUT2D eigenvalue weighted by molar-refractivity contribution is 0.177. The van der Waals surface area contributed by atoms with Gasteiger partial charge in [0.25, 0.3) is 0 Å². The van der Waals surface area contributed by atoms with Crippen molar-refractivity contribution in [1.29, 1.82) is 0 Å². The average Bonchev–Trinajstić information content (AvgIpc) is 2.36. The predicted octanol–water partition coefficient (Wildman–Crippen LogP) is -0.0896. The SMILES string of the molecule is COC(=O)NS(=O)(=O)NC(CO)c1ccccc1. The largest absolute Gasteiger partial charge is 0.452 e. The topological polar surface area (TPSA) is 105 Å². The highest BCUT2D eigenvalue weighted by atomic mass is 32.2. The number of aliphatic hydroxyl groups is 1. The van der Waals surface area contributed by atoms with Crippen molar-refractivity contribution < 1.29 is 23.1 Å². The minimum Gasteiger partial charge on any atom is -0.452 e. The normalized spacial score (nSPS) is 12.8. The number of ether oxygens (including phenoxy) is 1. The predicted molar refractivity (Wildman–Crippen MR) is 63.9 cm³/mol. The smallest absolute Gasteiger partial charge is 0.421 e. The second-order valence-corrected chi connectivity index (χ2v) is 4.81. The quantitative estimate of drug-likeness (QED) is 0.696. The maximum Gasteiger partial charge on any atom is 0.421 e. The third kappa shape index (κ3) is 4.32. The van der Waals surface area contributed by atoms with Crippen molar-refractivity contribution >= 4 is 16.3 Å². The van der Waals surface area contributed by atoms with Gasteiger partial charge < -0.3 is 9.84 Å². The number of methoxy groups -OCH3 is 1. The molecule has 0 heterocycles. The van der Waals surface area contributed by atoms with Crippen LogP contribution in [0.15, 0.2) is 30.3 Å². The number of hydrogen-bond donors (Lipinski definition) is 3. The van der Waals surface area contributed by atoms with Gasteiger partial charge in [0.05, 0.1) is 19.8 Å². The van der Waals surface area contributed by atoms with E-state index in [9.17, 15) is 13.2 Å². The third-order valence-electron chi connectivity index (χ3n) is 2.09. The molecule has 1 atom stereocenters. The fraction of sp³-hybridized carbons (Fsp3) is 0.300. The molecular weight excluding hydrogens is 260 g/mol. The number of nitrogens with one attached hydrogen (secondary N) is 2. The van der Waals surface area contributed by atoms with Crippen LogP contribution in [0, 0.1) is 0 Å². The van der Waals surface area contributed by atoms with Crippen LogP contribution in [0.25, 0.3) is 0 Å². The summed E-state index contributed by atoms with van der Waals surface area (Å²) in [5.41, 5.74) is 0.579. The van der Waals surface area contributed by atoms with E-state index in [4.69, 9.17) is 5.11 Å². The van der Waals surface area contributed by atoms with Gasteiger partial charge >= 0.3 is 16.3 Å². The molecule has 18 heavy (non-hydrogen) atoms. The van der Waals surface area contributed by atoms with E-state index < -0.39 is 29.0 Å². The fourth-order valence-corrected chi connectivity index (χ4v) is 2.21. The van der Waals surface area contributed by atoms with Crippen molar-refractivity contribution in [3.05, 3.63) is 35.9 Å². The maximum absolute atomic E-state index is 11.5. The van der Waals surface area contributed by atoms with E-state index in [1.54, 1.807) is 35.1 Å². The molecule has 1 aromatic carbocycles. The van der Waals surface area contributed by atoms with Crippen LogP contribution in [0.2, 0.25) is 0 Å². The molecule has 3 N–H and O–H groups in total. The Kier molecular flexibility index (Phi) is 5.08. The summed E-state index contributed by atoms with van der Waals surface area (Å²) in [7, 11) is -3.04. The Balaban J connectivity index is 2.78. The number of hydrogen-bond acceptors (Lipinski definition) is 5. The van der Waals surface area contributed by atoms with Gasteiger partial charge in [0, 0.05) is 0 Å². The van der Waals surface area contributed by atoms with E-state index in [2.05, 4.69) is 9.46 Å². The van der Waals surface area contributed by atoms with Gasteiger partial charge in [-0.05, 0) is 5.56 Å². The molecule has 100 valence electrons. The Morgan fingerprint density at radius 1 is 1.39 bits per heavy atom. The number of benzene rings is 1. The zero-order valence-corrected chi connectivity index (χ0v) is 10.5. The first-order valence-electron chi connectivity index (χ1n) is 5.02. The molecule has 7 nitrogen and oxygen atoms in total. The first-order valence-corrected chi connectivity index (χ1v) is 6.50.